The van der Waals surface area contributed by atoms with Gasteiger partial charge in [-0.2, -0.15) is 0 Å². The minimum Gasteiger partial charge on any atom is -0.493 e. The summed E-state index contributed by atoms with van der Waals surface area (Å²) in [6.45, 7) is 8.44. The van der Waals surface area contributed by atoms with E-state index in [9.17, 15) is 4.79 Å². The van der Waals surface area contributed by atoms with E-state index in [1.807, 2.05) is 43.3 Å². The zero-order valence-corrected chi connectivity index (χ0v) is 22.8. The third-order valence-corrected chi connectivity index (χ3v) is 5.26. The smallest absolute Gasteiger partial charge is 0.251 e. The summed E-state index contributed by atoms with van der Waals surface area (Å²) in [5, 5.41) is 9.35. The summed E-state index contributed by atoms with van der Waals surface area (Å²) in [5.41, 5.74) is 2.70. The molecule has 0 heterocycles. The van der Waals surface area contributed by atoms with Crippen LogP contribution in [0.1, 0.15) is 42.3 Å². The number of rotatable bonds is 10. The Morgan fingerprint density at radius 1 is 1.03 bits per heavy atom. The SMILES string of the molecule is CCNC(=NCC(C)(C)c1ccc(OC)c(OC)c1)NCCc1cccc(C(=O)NC)c1.I. The van der Waals surface area contributed by atoms with Crippen molar-refractivity contribution in [1.82, 2.24) is 16.0 Å². The molecule has 2 aromatic carbocycles. The summed E-state index contributed by atoms with van der Waals surface area (Å²) in [6.07, 6.45) is 0.786. The van der Waals surface area contributed by atoms with E-state index in [1.165, 1.54) is 0 Å². The molecule has 0 aliphatic rings. The van der Waals surface area contributed by atoms with Crippen molar-refractivity contribution in [2.24, 2.45) is 4.99 Å². The van der Waals surface area contributed by atoms with Crippen LogP contribution in [0.5, 0.6) is 11.5 Å². The van der Waals surface area contributed by atoms with Crippen LogP contribution in [0.2, 0.25) is 0 Å². The summed E-state index contributed by atoms with van der Waals surface area (Å²) in [4.78, 5) is 16.6. The van der Waals surface area contributed by atoms with E-state index in [0.29, 0.717) is 30.2 Å². The van der Waals surface area contributed by atoms with Gasteiger partial charge in [-0.05, 0) is 48.7 Å². The predicted octanol–water partition coefficient (Wildman–Crippen LogP) is 3.76. The molecular weight excluding hydrogens is 531 g/mol. The first-order chi connectivity index (χ1) is 15.3. The Morgan fingerprint density at radius 2 is 1.76 bits per heavy atom. The monoisotopic (exact) mass is 568 g/mol. The van der Waals surface area contributed by atoms with Crippen LogP contribution in [0.3, 0.4) is 0 Å². The van der Waals surface area contributed by atoms with Gasteiger partial charge in [-0.25, -0.2) is 0 Å². The lowest BCUT2D eigenvalue weighted by Crippen LogP contribution is -2.39. The maximum absolute atomic E-state index is 11.8. The Hall–Kier alpha value is -2.49. The number of ether oxygens (including phenoxy) is 2. The number of aliphatic imine (C=N–C) groups is 1. The van der Waals surface area contributed by atoms with Crippen molar-refractivity contribution in [3.05, 3.63) is 59.2 Å². The molecular formula is C25H37IN4O3. The van der Waals surface area contributed by atoms with Crippen LogP contribution in [0.25, 0.3) is 0 Å². The van der Waals surface area contributed by atoms with E-state index in [4.69, 9.17) is 14.5 Å². The largest absolute Gasteiger partial charge is 0.493 e. The number of halogens is 1. The maximum atomic E-state index is 11.8. The number of amides is 1. The highest BCUT2D eigenvalue weighted by Crippen LogP contribution is 2.33. The number of methoxy groups -OCH3 is 2. The topological polar surface area (TPSA) is 84.0 Å². The molecule has 0 bridgehead atoms. The number of guanidine groups is 1. The third-order valence-electron chi connectivity index (χ3n) is 5.26. The number of benzene rings is 2. The first-order valence-electron chi connectivity index (χ1n) is 10.9. The van der Waals surface area contributed by atoms with Crippen molar-refractivity contribution >= 4 is 35.8 Å². The lowest BCUT2D eigenvalue weighted by molar-refractivity contribution is 0.0963. The second kappa shape index (κ2) is 13.9. The minimum atomic E-state index is -0.191. The Kier molecular flexibility index (Phi) is 12.0. The lowest BCUT2D eigenvalue weighted by atomic mass is 9.84. The number of carbonyl (C=O) groups excluding carboxylic acids is 1. The summed E-state index contributed by atoms with van der Waals surface area (Å²) in [5.74, 6) is 2.12. The van der Waals surface area contributed by atoms with E-state index in [1.54, 1.807) is 21.3 Å². The van der Waals surface area contributed by atoms with E-state index in [2.05, 4.69) is 35.9 Å². The Labute approximate surface area is 214 Å². The molecule has 0 aliphatic carbocycles. The van der Waals surface area contributed by atoms with Crippen molar-refractivity contribution in [1.29, 1.82) is 0 Å². The molecule has 33 heavy (non-hydrogen) atoms. The van der Waals surface area contributed by atoms with Crippen LogP contribution in [-0.4, -0.2) is 52.8 Å². The average molecular weight is 569 g/mol. The minimum absolute atomic E-state index is 0. The fourth-order valence-corrected chi connectivity index (χ4v) is 3.30. The van der Waals surface area contributed by atoms with Gasteiger partial charge < -0.3 is 25.4 Å². The Morgan fingerprint density at radius 3 is 2.39 bits per heavy atom. The summed E-state index contributed by atoms with van der Waals surface area (Å²) < 4.78 is 10.8. The normalized spacial score (nSPS) is 11.3. The van der Waals surface area contributed by atoms with Gasteiger partial charge in [-0.15, -0.1) is 24.0 Å². The molecule has 0 saturated carbocycles. The number of hydrogen-bond acceptors (Lipinski definition) is 4. The van der Waals surface area contributed by atoms with Crippen molar-refractivity contribution in [3.63, 3.8) is 0 Å². The van der Waals surface area contributed by atoms with Crippen molar-refractivity contribution in [3.8, 4) is 11.5 Å². The average Bonchev–Trinajstić information content (AvgIpc) is 2.81. The fourth-order valence-electron chi connectivity index (χ4n) is 3.30. The molecule has 0 aromatic heterocycles. The van der Waals surface area contributed by atoms with Gasteiger partial charge in [0.05, 0.1) is 20.8 Å². The molecule has 0 unspecified atom stereocenters. The van der Waals surface area contributed by atoms with Crippen molar-refractivity contribution < 1.29 is 14.3 Å². The quantitative estimate of drug-likeness (QED) is 0.231. The van der Waals surface area contributed by atoms with E-state index in [-0.39, 0.29) is 35.3 Å². The summed E-state index contributed by atoms with van der Waals surface area (Å²) in [7, 11) is 4.92. The van der Waals surface area contributed by atoms with Crippen LogP contribution in [0.15, 0.2) is 47.5 Å². The predicted molar refractivity (Wildman–Crippen MR) is 146 cm³/mol. The van der Waals surface area contributed by atoms with Gasteiger partial charge in [0.2, 0.25) is 0 Å². The van der Waals surface area contributed by atoms with Crippen LogP contribution >= 0.6 is 24.0 Å². The van der Waals surface area contributed by atoms with Crippen molar-refractivity contribution in [2.45, 2.75) is 32.6 Å². The Balaban J connectivity index is 0.00000544. The highest BCUT2D eigenvalue weighted by Gasteiger charge is 2.22. The molecule has 2 rings (SSSR count). The van der Waals surface area contributed by atoms with E-state index >= 15 is 0 Å². The zero-order chi connectivity index (χ0) is 23.6. The molecule has 3 N–H and O–H groups in total. The van der Waals surface area contributed by atoms with Gasteiger partial charge in [0.25, 0.3) is 5.91 Å². The molecule has 0 radical (unpaired) electrons. The van der Waals surface area contributed by atoms with Gasteiger partial charge in [0.15, 0.2) is 17.5 Å². The van der Waals surface area contributed by atoms with Gasteiger partial charge in [-0.1, -0.05) is 32.0 Å². The molecule has 0 saturated heterocycles. The molecule has 0 aliphatic heterocycles. The van der Waals surface area contributed by atoms with Crippen LogP contribution < -0.4 is 25.4 Å². The Bertz CT molecular complexity index is 932. The first kappa shape index (κ1) is 28.5. The third kappa shape index (κ3) is 8.42. The first-order valence-corrected chi connectivity index (χ1v) is 10.9. The lowest BCUT2D eigenvalue weighted by Gasteiger charge is -2.25. The fraction of sp³-hybridized carbons (Fsp3) is 0.440. The molecule has 1 amide bonds. The van der Waals surface area contributed by atoms with Crippen molar-refractivity contribution in [2.75, 3.05) is 40.9 Å². The van der Waals surface area contributed by atoms with Gasteiger partial charge >= 0.3 is 0 Å². The molecule has 7 nitrogen and oxygen atoms in total. The standard InChI is InChI=1S/C25H36N4O3.HI/c1-7-27-24(28-14-13-18-9-8-10-19(15-18)23(30)26-4)29-17-25(2,3)20-11-12-21(31-5)22(16-20)32-6;/h8-12,15-16H,7,13-14,17H2,1-6H3,(H,26,30)(H2,27,28,29);1H. The van der Waals surface area contributed by atoms with Gasteiger partial charge in [0.1, 0.15) is 0 Å². The number of hydrogen-bond donors (Lipinski definition) is 3. The van der Waals surface area contributed by atoms with E-state index in [0.717, 1.165) is 30.1 Å². The summed E-state index contributed by atoms with van der Waals surface area (Å²) in [6, 6.07) is 13.7. The number of nitrogens with zero attached hydrogens (tertiary/aromatic N) is 1. The number of nitrogens with one attached hydrogen (secondary N) is 3. The molecule has 2 aromatic rings. The second-order valence-corrected chi connectivity index (χ2v) is 8.11. The highest BCUT2D eigenvalue weighted by atomic mass is 127. The van der Waals surface area contributed by atoms with Crippen LogP contribution in [0.4, 0.5) is 0 Å². The van der Waals surface area contributed by atoms with Gasteiger partial charge in [-0.3, -0.25) is 9.79 Å². The molecule has 0 fully saturated rings. The molecule has 0 atom stereocenters. The van der Waals surface area contributed by atoms with Crippen LogP contribution in [-0.2, 0) is 11.8 Å². The zero-order valence-electron chi connectivity index (χ0n) is 20.5. The van der Waals surface area contributed by atoms with E-state index < -0.39 is 0 Å². The number of carbonyl (C=O) groups is 1. The molecule has 8 heteroatoms. The second-order valence-electron chi connectivity index (χ2n) is 8.11. The molecule has 182 valence electrons. The highest BCUT2D eigenvalue weighted by molar-refractivity contribution is 14.0. The maximum Gasteiger partial charge on any atom is 0.251 e. The van der Waals surface area contributed by atoms with Crippen LogP contribution in [0, 0.1) is 0 Å². The van der Waals surface area contributed by atoms with Gasteiger partial charge in [0, 0.05) is 31.1 Å². The summed E-state index contributed by atoms with van der Waals surface area (Å²) >= 11 is 0. The molecule has 0 spiro atoms.